The third-order valence-corrected chi connectivity index (χ3v) is 5.84. The van der Waals surface area contributed by atoms with Gasteiger partial charge in [-0.05, 0) is 61.0 Å². The Kier molecular flexibility index (Phi) is 7.22. The zero-order valence-electron chi connectivity index (χ0n) is 20.7. The second-order valence-electron chi connectivity index (χ2n) is 8.57. The molecule has 0 saturated heterocycles. The molecule has 0 aliphatic carbocycles. The highest BCUT2D eigenvalue weighted by atomic mass is 16.2. The van der Waals surface area contributed by atoms with Crippen LogP contribution in [0.5, 0.6) is 0 Å². The summed E-state index contributed by atoms with van der Waals surface area (Å²) in [6.07, 6.45) is 7.53. The van der Waals surface area contributed by atoms with Crippen molar-refractivity contribution in [3.8, 4) is 11.3 Å². The zero-order chi connectivity index (χ0) is 26.3. The molecule has 0 aliphatic rings. The van der Waals surface area contributed by atoms with Gasteiger partial charge in [0.2, 0.25) is 5.91 Å². The quantitative estimate of drug-likeness (QED) is 0.180. The number of hydrogen-bond acceptors (Lipinski definition) is 5. The van der Waals surface area contributed by atoms with E-state index in [4.69, 9.17) is 0 Å². The van der Waals surface area contributed by atoms with Crippen LogP contribution >= 0.6 is 0 Å². The number of hydrogen-bond donors (Lipinski definition) is 4. The van der Waals surface area contributed by atoms with Crippen molar-refractivity contribution in [2.45, 2.75) is 13.3 Å². The van der Waals surface area contributed by atoms with E-state index < -0.39 is 0 Å². The number of carbonyl (C=O) groups excluding carboxylic acids is 2. The monoisotopic (exact) mass is 502 g/mol. The molecule has 3 aromatic carbocycles. The standard InChI is InChI=1S/C30H26N6O2/c1-2-3-11-29(37)35-21-14-12-20(13-15-21)30(38)36-23-8-6-7-22(16-23)34-28-17-27(32-19-33-28)25-18-31-26-10-5-4-9-24(25)26/h3-19,31H,2H2,1H3,(H,35,37)(H,36,38)(H,32,33,34)/b11-3+. The molecule has 8 heteroatoms. The van der Waals surface area contributed by atoms with Crippen LogP contribution in [0.15, 0.2) is 104 Å². The summed E-state index contributed by atoms with van der Waals surface area (Å²) in [6.45, 7) is 1.96. The Labute approximate surface area is 219 Å². The molecule has 38 heavy (non-hydrogen) atoms. The van der Waals surface area contributed by atoms with E-state index in [1.807, 2.05) is 61.7 Å². The molecule has 5 rings (SSSR count). The molecule has 5 aromatic rings. The van der Waals surface area contributed by atoms with Crippen LogP contribution in [0, 0.1) is 0 Å². The fourth-order valence-electron chi connectivity index (χ4n) is 4.00. The van der Waals surface area contributed by atoms with E-state index in [-0.39, 0.29) is 11.8 Å². The van der Waals surface area contributed by atoms with E-state index in [0.717, 1.165) is 34.3 Å². The third-order valence-electron chi connectivity index (χ3n) is 5.84. The minimum atomic E-state index is -0.255. The number of allylic oxidation sites excluding steroid dienone is 1. The van der Waals surface area contributed by atoms with Gasteiger partial charge in [0, 0.05) is 51.4 Å². The fraction of sp³-hybridized carbons (Fsp3) is 0.0667. The van der Waals surface area contributed by atoms with Crippen LogP contribution < -0.4 is 16.0 Å². The molecule has 0 saturated carbocycles. The molecule has 2 heterocycles. The normalized spacial score (nSPS) is 11.0. The average molecular weight is 503 g/mol. The van der Waals surface area contributed by atoms with Crippen LogP contribution in [0.2, 0.25) is 0 Å². The summed E-state index contributed by atoms with van der Waals surface area (Å²) in [5, 5.41) is 10.1. The average Bonchev–Trinajstić information content (AvgIpc) is 3.37. The number of carbonyl (C=O) groups is 2. The summed E-state index contributed by atoms with van der Waals surface area (Å²) in [5.41, 5.74) is 5.33. The highest BCUT2D eigenvalue weighted by Gasteiger charge is 2.10. The first-order chi connectivity index (χ1) is 18.6. The van der Waals surface area contributed by atoms with Crippen molar-refractivity contribution in [2.75, 3.05) is 16.0 Å². The number of amides is 2. The van der Waals surface area contributed by atoms with Crippen LogP contribution in [0.1, 0.15) is 23.7 Å². The van der Waals surface area contributed by atoms with Gasteiger partial charge >= 0.3 is 0 Å². The number of benzene rings is 3. The van der Waals surface area contributed by atoms with Gasteiger partial charge in [-0.3, -0.25) is 9.59 Å². The number of aromatic nitrogens is 3. The smallest absolute Gasteiger partial charge is 0.255 e. The van der Waals surface area contributed by atoms with E-state index in [1.54, 1.807) is 30.3 Å². The van der Waals surface area contributed by atoms with Crippen molar-refractivity contribution < 1.29 is 9.59 Å². The largest absolute Gasteiger partial charge is 0.360 e. The number of aromatic amines is 1. The second-order valence-corrected chi connectivity index (χ2v) is 8.57. The van der Waals surface area contributed by atoms with Gasteiger partial charge in [0.05, 0.1) is 5.69 Å². The zero-order valence-corrected chi connectivity index (χ0v) is 20.7. The Bertz CT molecular complexity index is 1620. The first kappa shape index (κ1) is 24.5. The molecule has 2 amide bonds. The number of nitrogens with one attached hydrogen (secondary N) is 4. The Hall–Kier alpha value is -5.24. The maximum atomic E-state index is 12.8. The number of anilines is 4. The molecule has 8 nitrogen and oxygen atoms in total. The number of rotatable bonds is 8. The summed E-state index contributed by atoms with van der Waals surface area (Å²) in [4.78, 5) is 36.7. The van der Waals surface area contributed by atoms with Crippen LogP contribution in [0.4, 0.5) is 22.9 Å². The summed E-state index contributed by atoms with van der Waals surface area (Å²) in [6, 6.07) is 24.1. The predicted octanol–water partition coefficient (Wildman–Crippen LogP) is 6.53. The first-order valence-corrected chi connectivity index (χ1v) is 12.2. The van der Waals surface area contributed by atoms with E-state index in [2.05, 4.69) is 37.0 Å². The van der Waals surface area contributed by atoms with Crippen LogP contribution in [0.3, 0.4) is 0 Å². The molecular weight excluding hydrogens is 476 g/mol. The van der Waals surface area contributed by atoms with Crippen molar-refractivity contribution in [1.29, 1.82) is 0 Å². The number of H-pyrrole nitrogens is 1. The van der Waals surface area contributed by atoms with E-state index in [1.165, 1.54) is 12.4 Å². The Morgan fingerprint density at radius 2 is 1.68 bits per heavy atom. The summed E-state index contributed by atoms with van der Waals surface area (Å²) in [7, 11) is 0. The third kappa shape index (κ3) is 5.76. The Morgan fingerprint density at radius 3 is 2.53 bits per heavy atom. The van der Waals surface area contributed by atoms with Crippen molar-refractivity contribution in [3.63, 3.8) is 0 Å². The topological polar surface area (TPSA) is 112 Å². The maximum absolute atomic E-state index is 12.8. The number of nitrogens with zero attached hydrogens (tertiary/aromatic N) is 2. The second kappa shape index (κ2) is 11.2. The van der Waals surface area contributed by atoms with Crippen LogP contribution in [0.25, 0.3) is 22.2 Å². The van der Waals surface area contributed by atoms with Gasteiger partial charge in [0.15, 0.2) is 0 Å². The summed E-state index contributed by atoms with van der Waals surface area (Å²) < 4.78 is 0. The van der Waals surface area contributed by atoms with E-state index >= 15 is 0 Å². The number of fused-ring (bicyclic) bond motifs is 1. The Balaban J connectivity index is 1.25. The summed E-state index contributed by atoms with van der Waals surface area (Å²) >= 11 is 0. The lowest BCUT2D eigenvalue weighted by atomic mass is 10.1. The molecule has 0 aliphatic heterocycles. The van der Waals surface area contributed by atoms with Crippen LogP contribution in [-0.4, -0.2) is 26.8 Å². The minimum Gasteiger partial charge on any atom is -0.360 e. The number of para-hydroxylation sites is 1. The molecule has 0 spiro atoms. The molecular formula is C30H26N6O2. The minimum absolute atomic E-state index is 0.203. The lowest BCUT2D eigenvalue weighted by molar-refractivity contribution is -0.111. The molecule has 0 atom stereocenters. The molecule has 2 aromatic heterocycles. The van der Waals surface area contributed by atoms with Crippen molar-refractivity contribution in [2.24, 2.45) is 0 Å². The highest BCUT2D eigenvalue weighted by Crippen LogP contribution is 2.28. The maximum Gasteiger partial charge on any atom is 0.255 e. The Morgan fingerprint density at radius 1 is 0.868 bits per heavy atom. The molecule has 0 radical (unpaired) electrons. The van der Waals surface area contributed by atoms with Crippen LogP contribution in [-0.2, 0) is 4.79 Å². The van der Waals surface area contributed by atoms with Gasteiger partial charge in [-0.2, -0.15) is 0 Å². The molecule has 4 N–H and O–H groups in total. The van der Waals surface area contributed by atoms with Gasteiger partial charge in [-0.1, -0.05) is 37.3 Å². The molecule has 0 bridgehead atoms. The van der Waals surface area contributed by atoms with Gasteiger partial charge in [0.25, 0.3) is 5.91 Å². The molecule has 188 valence electrons. The predicted molar refractivity (Wildman–Crippen MR) is 152 cm³/mol. The van der Waals surface area contributed by atoms with Crippen molar-refractivity contribution >= 4 is 45.6 Å². The first-order valence-electron chi connectivity index (χ1n) is 12.2. The SMILES string of the molecule is CC/C=C/C(=O)Nc1ccc(C(=O)Nc2cccc(Nc3cc(-c4c[nH]c5ccccc45)ncn3)c2)cc1. The highest BCUT2D eigenvalue weighted by molar-refractivity contribution is 6.05. The van der Waals surface area contributed by atoms with Gasteiger partial charge < -0.3 is 20.9 Å². The molecule has 0 fully saturated rings. The van der Waals surface area contributed by atoms with Crippen molar-refractivity contribution in [1.82, 2.24) is 15.0 Å². The lowest BCUT2D eigenvalue weighted by Gasteiger charge is -2.10. The van der Waals surface area contributed by atoms with Crippen molar-refractivity contribution in [3.05, 3.63) is 109 Å². The van der Waals surface area contributed by atoms with E-state index in [9.17, 15) is 9.59 Å². The van der Waals surface area contributed by atoms with E-state index in [0.29, 0.717) is 22.8 Å². The fourth-order valence-corrected chi connectivity index (χ4v) is 4.00. The lowest BCUT2D eigenvalue weighted by Crippen LogP contribution is -2.12. The summed E-state index contributed by atoms with van der Waals surface area (Å²) in [5.74, 6) is 0.176. The van der Waals surface area contributed by atoms with Gasteiger partial charge in [0.1, 0.15) is 12.1 Å². The van der Waals surface area contributed by atoms with Gasteiger partial charge in [-0.25, -0.2) is 9.97 Å². The molecule has 0 unspecified atom stereocenters. The van der Waals surface area contributed by atoms with Gasteiger partial charge in [-0.15, -0.1) is 0 Å².